The maximum absolute atomic E-state index is 11.2. The summed E-state index contributed by atoms with van der Waals surface area (Å²) in [4.78, 5) is 15.2. The van der Waals surface area contributed by atoms with Crippen molar-refractivity contribution in [1.29, 1.82) is 0 Å². The minimum absolute atomic E-state index is 0.120. The summed E-state index contributed by atoms with van der Waals surface area (Å²) in [5.41, 5.74) is 1.26. The van der Waals surface area contributed by atoms with Crippen molar-refractivity contribution in [1.82, 2.24) is 14.6 Å². The fourth-order valence-electron chi connectivity index (χ4n) is 1.84. The quantitative estimate of drug-likeness (QED) is 0.869. The summed E-state index contributed by atoms with van der Waals surface area (Å²) in [7, 11) is 1.55. The Kier molecular flexibility index (Phi) is 3.06. The third kappa shape index (κ3) is 1.87. The molecule has 1 unspecified atom stereocenters. The molecule has 0 amide bonds. The van der Waals surface area contributed by atoms with E-state index in [1.807, 2.05) is 6.92 Å². The highest BCUT2D eigenvalue weighted by atomic mass is 16.5. The Morgan fingerprint density at radius 1 is 1.65 bits per heavy atom. The van der Waals surface area contributed by atoms with Crippen molar-refractivity contribution in [3.8, 4) is 0 Å². The van der Waals surface area contributed by atoms with Gasteiger partial charge in [0.2, 0.25) is 0 Å². The second kappa shape index (κ2) is 4.50. The Labute approximate surface area is 97.9 Å². The van der Waals surface area contributed by atoms with Crippen molar-refractivity contribution >= 4 is 11.6 Å². The number of carbonyl (C=O) groups is 1. The maximum Gasteiger partial charge on any atom is 0.339 e. The molecular formula is C11H13N3O3. The number of ether oxygens (including phenoxy) is 1. The molecule has 17 heavy (non-hydrogen) atoms. The predicted octanol–water partition coefficient (Wildman–Crippen LogP) is 1.52. The maximum atomic E-state index is 11.2. The van der Waals surface area contributed by atoms with Gasteiger partial charge in [0, 0.05) is 19.4 Å². The predicted molar refractivity (Wildman–Crippen MR) is 60.0 cm³/mol. The van der Waals surface area contributed by atoms with Gasteiger partial charge in [-0.25, -0.2) is 14.3 Å². The summed E-state index contributed by atoms with van der Waals surface area (Å²) >= 11 is 0. The monoisotopic (exact) mass is 235 g/mol. The highest BCUT2D eigenvalue weighted by Crippen LogP contribution is 2.24. The van der Waals surface area contributed by atoms with Gasteiger partial charge in [0.1, 0.15) is 5.56 Å². The number of aromatic carboxylic acids is 1. The average molecular weight is 235 g/mol. The smallest absolute Gasteiger partial charge is 0.339 e. The summed E-state index contributed by atoms with van der Waals surface area (Å²) in [6, 6.07) is 1.72. The number of methoxy groups -OCH3 is 1. The van der Waals surface area contributed by atoms with Crippen LogP contribution < -0.4 is 0 Å². The molecule has 2 rings (SSSR count). The Hall–Kier alpha value is -1.95. The standard InChI is InChI=1S/C11H13N3O3/c1-3-8(17-2)10-7(11(15)16)6-12-9-4-5-13-14(9)10/h4-6,8H,3H2,1-2H3,(H,15,16). The van der Waals surface area contributed by atoms with Gasteiger partial charge in [-0.1, -0.05) is 6.92 Å². The van der Waals surface area contributed by atoms with Gasteiger partial charge < -0.3 is 9.84 Å². The van der Waals surface area contributed by atoms with E-state index >= 15 is 0 Å². The molecular weight excluding hydrogens is 222 g/mol. The molecule has 0 spiro atoms. The van der Waals surface area contributed by atoms with Gasteiger partial charge in [0.05, 0.1) is 18.0 Å². The molecule has 0 radical (unpaired) electrons. The van der Waals surface area contributed by atoms with Gasteiger partial charge in [0.15, 0.2) is 5.65 Å². The number of hydrogen-bond donors (Lipinski definition) is 1. The van der Waals surface area contributed by atoms with Crippen LogP contribution in [0.1, 0.15) is 35.5 Å². The molecule has 0 fully saturated rings. The molecule has 0 aromatic carbocycles. The van der Waals surface area contributed by atoms with Crippen molar-refractivity contribution in [2.45, 2.75) is 19.4 Å². The van der Waals surface area contributed by atoms with Gasteiger partial charge >= 0.3 is 5.97 Å². The van der Waals surface area contributed by atoms with Crippen molar-refractivity contribution in [3.63, 3.8) is 0 Å². The summed E-state index contributed by atoms with van der Waals surface area (Å²) in [5.74, 6) is -1.03. The lowest BCUT2D eigenvalue weighted by atomic mass is 10.1. The van der Waals surface area contributed by atoms with Gasteiger partial charge in [-0.15, -0.1) is 0 Å². The molecule has 0 aliphatic rings. The molecule has 2 heterocycles. The normalized spacial score (nSPS) is 12.8. The van der Waals surface area contributed by atoms with Crippen LogP contribution in [0.2, 0.25) is 0 Å². The average Bonchev–Trinajstić information content (AvgIpc) is 2.78. The summed E-state index contributed by atoms with van der Waals surface area (Å²) in [6.07, 6.45) is 3.28. The van der Waals surface area contributed by atoms with E-state index in [0.717, 1.165) is 0 Å². The third-order valence-corrected chi connectivity index (χ3v) is 2.64. The summed E-state index contributed by atoms with van der Waals surface area (Å²) < 4.78 is 6.82. The lowest BCUT2D eigenvalue weighted by Crippen LogP contribution is -2.15. The van der Waals surface area contributed by atoms with Crippen molar-refractivity contribution in [3.05, 3.63) is 29.7 Å². The summed E-state index contributed by atoms with van der Waals surface area (Å²) in [6.45, 7) is 1.93. The van der Waals surface area contributed by atoms with Crippen LogP contribution in [0, 0.1) is 0 Å². The van der Waals surface area contributed by atoms with Crippen molar-refractivity contribution < 1.29 is 14.6 Å². The molecule has 0 saturated heterocycles. The number of fused-ring (bicyclic) bond motifs is 1. The first-order valence-corrected chi connectivity index (χ1v) is 5.27. The lowest BCUT2D eigenvalue weighted by molar-refractivity contribution is 0.0667. The van der Waals surface area contributed by atoms with Crippen molar-refractivity contribution in [2.24, 2.45) is 0 Å². The molecule has 0 aliphatic heterocycles. The molecule has 2 aromatic heterocycles. The highest BCUT2D eigenvalue weighted by Gasteiger charge is 2.22. The van der Waals surface area contributed by atoms with Crippen LogP contribution in [-0.4, -0.2) is 32.8 Å². The first-order valence-electron chi connectivity index (χ1n) is 5.27. The van der Waals surface area contributed by atoms with Gasteiger partial charge in [-0.2, -0.15) is 5.10 Å². The van der Waals surface area contributed by atoms with Crippen LogP contribution in [0.5, 0.6) is 0 Å². The van der Waals surface area contributed by atoms with Crippen molar-refractivity contribution in [2.75, 3.05) is 7.11 Å². The fourth-order valence-corrected chi connectivity index (χ4v) is 1.84. The Morgan fingerprint density at radius 2 is 2.41 bits per heavy atom. The van der Waals surface area contributed by atoms with E-state index in [4.69, 9.17) is 9.84 Å². The molecule has 0 bridgehead atoms. The zero-order valence-corrected chi connectivity index (χ0v) is 9.62. The number of nitrogens with zero attached hydrogens (tertiary/aromatic N) is 3. The molecule has 6 heteroatoms. The zero-order chi connectivity index (χ0) is 12.4. The van der Waals surface area contributed by atoms with Gasteiger partial charge in [0.25, 0.3) is 0 Å². The first-order chi connectivity index (χ1) is 8.19. The topological polar surface area (TPSA) is 76.7 Å². The highest BCUT2D eigenvalue weighted by molar-refractivity contribution is 5.89. The number of carboxylic acid groups (broad SMARTS) is 1. The second-order valence-corrected chi connectivity index (χ2v) is 3.60. The minimum Gasteiger partial charge on any atom is -0.478 e. The molecule has 2 aromatic rings. The number of rotatable bonds is 4. The number of hydrogen-bond acceptors (Lipinski definition) is 4. The molecule has 0 aliphatic carbocycles. The van der Waals surface area contributed by atoms with Crippen LogP contribution in [0.3, 0.4) is 0 Å². The Bertz CT molecular complexity index is 546. The minimum atomic E-state index is -1.03. The van der Waals surface area contributed by atoms with Crippen LogP contribution in [0.25, 0.3) is 5.65 Å². The van der Waals surface area contributed by atoms with E-state index in [1.54, 1.807) is 19.4 Å². The van der Waals surface area contributed by atoms with E-state index in [2.05, 4.69) is 10.1 Å². The van der Waals surface area contributed by atoms with E-state index in [0.29, 0.717) is 17.8 Å². The van der Waals surface area contributed by atoms with Gasteiger partial charge in [-0.05, 0) is 6.42 Å². The van der Waals surface area contributed by atoms with E-state index in [1.165, 1.54) is 10.7 Å². The van der Waals surface area contributed by atoms with Crippen LogP contribution in [0.4, 0.5) is 0 Å². The van der Waals surface area contributed by atoms with E-state index in [-0.39, 0.29) is 11.7 Å². The Morgan fingerprint density at radius 3 is 3.00 bits per heavy atom. The van der Waals surface area contributed by atoms with Crippen LogP contribution >= 0.6 is 0 Å². The summed E-state index contributed by atoms with van der Waals surface area (Å²) in [5, 5.41) is 13.3. The van der Waals surface area contributed by atoms with E-state index in [9.17, 15) is 4.79 Å². The lowest BCUT2D eigenvalue weighted by Gasteiger charge is -2.16. The fraction of sp³-hybridized carbons (Fsp3) is 0.364. The molecule has 1 atom stereocenters. The second-order valence-electron chi connectivity index (χ2n) is 3.60. The first kappa shape index (κ1) is 11.5. The van der Waals surface area contributed by atoms with E-state index < -0.39 is 5.97 Å². The van der Waals surface area contributed by atoms with Crippen LogP contribution in [-0.2, 0) is 4.74 Å². The zero-order valence-electron chi connectivity index (χ0n) is 9.62. The molecule has 90 valence electrons. The Balaban J connectivity index is 2.72. The van der Waals surface area contributed by atoms with Gasteiger partial charge in [-0.3, -0.25) is 0 Å². The molecule has 0 saturated carbocycles. The number of aromatic nitrogens is 3. The number of carboxylic acids is 1. The third-order valence-electron chi connectivity index (χ3n) is 2.64. The van der Waals surface area contributed by atoms with Crippen LogP contribution in [0.15, 0.2) is 18.5 Å². The SMILES string of the molecule is CCC(OC)c1c(C(=O)O)cnc2ccnn12. The molecule has 6 nitrogen and oxygen atoms in total. The largest absolute Gasteiger partial charge is 0.478 e. The molecule has 1 N–H and O–H groups in total.